The maximum atomic E-state index is 11.6. The lowest BCUT2D eigenvalue weighted by atomic mass is 9.83. The van der Waals surface area contributed by atoms with Gasteiger partial charge in [0.05, 0.1) is 11.1 Å². The van der Waals surface area contributed by atoms with Crippen LogP contribution in [0.4, 0.5) is 0 Å². The van der Waals surface area contributed by atoms with E-state index < -0.39 is 11.4 Å². The average Bonchev–Trinajstić information content (AvgIpc) is 2.98. The monoisotopic (exact) mass is 279 g/mol. The summed E-state index contributed by atoms with van der Waals surface area (Å²) in [5.74, 6) is -0.644. The lowest BCUT2D eigenvalue weighted by Gasteiger charge is -2.24. The zero-order chi connectivity index (χ0) is 14.8. The van der Waals surface area contributed by atoms with Crippen molar-refractivity contribution in [2.75, 3.05) is 13.1 Å². The summed E-state index contributed by atoms with van der Waals surface area (Å²) in [6.07, 6.45) is 4.43. The highest BCUT2D eigenvalue weighted by molar-refractivity contribution is 5.75. The Kier molecular flexibility index (Phi) is 4.48. The van der Waals surface area contributed by atoms with E-state index in [2.05, 4.69) is 30.8 Å². The molecule has 2 heterocycles. The van der Waals surface area contributed by atoms with E-state index in [0.29, 0.717) is 12.6 Å². The van der Waals surface area contributed by atoms with Gasteiger partial charge in [-0.05, 0) is 39.3 Å². The van der Waals surface area contributed by atoms with Gasteiger partial charge in [0, 0.05) is 25.3 Å². The van der Waals surface area contributed by atoms with E-state index in [4.69, 9.17) is 0 Å². The topological polar surface area (TPSA) is 58.4 Å². The molecule has 0 aromatic carbocycles. The molecule has 5 nitrogen and oxygen atoms in total. The summed E-state index contributed by atoms with van der Waals surface area (Å²) >= 11 is 0. The van der Waals surface area contributed by atoms with Crippen molar-refractivity contribution in [3.63, 3.8) is 0 Å². The van der Waals surface area contributed by atoms with E-state index in [1.807, 2.05) is 16.9 Å². The number of carboxylic acid groups (broad SMARTS) is 1. The van der Waals surface area contributed by atoms with Crippen molar-refractivity contribution >= 4 is 5.97 Å². The summed E-state index contributed by atoms with van der Waals surface area (Å²) in [4.78, 5) is 13.8. The highest BCUT2D eigenvalue weighted by Gasteiger charge is 2.43. The first-order valence-corrected chi connectivity index (χ1v) is 7.46. The van der Waals surface area contributed by atoms with Crippen LogP contribution in [0.15, 0.2) is 12.3 Å². The second kappa shape index (κ2) is 5.95. The molecular formula is C15H25N3O2. The Morgan fingerprint density at radius 2 is 2.30 bits per heavy atom. The van der Waals surface area contributed by atoms with Gasteiger partial charge in [-0.3, -0.25) is 14.4 Å². The summed E-state index contributed by atoms with van der Waals surface area (Å²) < 4.78 is 1.95. The average molecular weight is 279 g/mol. The zero-order valence-electron chi connectivity index (χ0n) is 12.7. The summed E-state index contributed by atoms with van der Waals surface area (Å²) in [5, 5.41) is 14.0. The van der Waals surface area contributed by atoms with E-state index in [1.54, 1.807) is 0 Å². The Balaban J connectivity index is 2.00. The summed E-state index contributed by atoms with van der Waals surface area (Å²) in [6.45, 7) is 8.49. The van der Waals surface area contributed by atoms with Crippen LogP contribution >= 0.6 is 0 Å². The normalized spacial score (nSPS) is 23.6. The van der Waals surface area contributed by atoms with Gasteiger partial charge in [-0.2, -0.15) is 5.10 Å². The van der Waals surface area contributed by atoms with Gasteiger partial charge in [-0.25, -0.2) is 0 Å². The molecule has 0 saturated carbocycles. The molecule has 1 saturated heterocycles. The van der Waals surface area contributed by atoms with Crippen molar-refractivity contribution in [2.45, 2.75) is 52.6 Å². The number of hydrogen-bond acceptors (Lipinski definition) is 3. The molecule has 1 atom stereocenters. The smallest absolute Gasteiger partial charge is 0.310 e. The van der Waals surface area contributed by atoms with Crippen molar-refractivity contribution in [1.82, 2.24) is 14.7 Å². The molecule has 5 heteroatoms. The molecule has 112 valence electrons. The Bertz CT molecular complexity index is 469. The molecule has 0 spiro atoms. The molecule has 0 radical (unpaired) electrons. The second-order valence-corrected chi connectivity index (χ2v) is 6.18. The molecule has 1 unspecified atom stereocenters. The van der Waals surface area contributed by atoms with Gasteiger partial charge < -0.3 is 5.11 Å². The largest absolute Gasteiger partial charge is 0.481 e. The SMILES string of the molecule is CCCC1(C(=O)O)CCN(Cc2ccn(C(C)C)n2)C1. The predicted molar refractivity (Wildman–Crippen MR) is 77.5 cm³/mol. The number of rotatable bonds is 6. The fraction of sp³-hybridized carbons (Fsp3) is 0.733. The van der Waals surface area contributed by atoms with Crippen LogP contribution in [-0.4, -0.2) is 38.8 Å². The van der Waals surface area contributed by atoms with Crippen LogP contribution in [0.25, 0.3) is 0 Å². The van der Waals surface area contributed by atoms with Crippen LogP contribution in [-0.2, 0) is 11.3 Å². The highest BCUT2D eigenvalue weighted by Crippen LogP contribution is 2.36. The lowest BCUT2D eigenvalue weighted by Crippen LogP contribution is -2.34. The van der Waals surface area contributed by atoms with Gasteiger partial charge in [0.15, 0.2) is 0 Å². The van der Waals surface area contributed by atoms with Gasteiger partial charge in [0.1, 0.15) is 0 Å². The Morgan fingerprint density at radius 3 is 2.85 bits per heavy atom. The fourth-order valence-electron chi connectivity index (χ4n) is 3.04. The third-order valence-electron chi connectivity index (χ3n) is 4.19. The number of carboxylic acids is 1. The summed E-state index contributed by atoms with van der Waals surface area (Å²) in [5.41, 5.74) is 0.478. The first kappa shape index (κ1) is 15.0. The molecule has 1 aromatic rings. The molecule has 1 aromatic heterocycles. The van der Waals surface area contributed by atoms with Gasteiger partial charge in [-0.1, -0.05) is 13.3 Å². The molecular weight excluding hydrogens is 254 g/mol. The van der Waals surface area contributed by atoms with Crippen molar-refractivity contribution in [2.24, 2.45) is 5.41 Å². The Hall–Kier alpha value is -1.36. The number of carbonyl (C=O) groups is 1. The first-order chi connectivity index (χ1) is 9.47. The third-order valence-corrected chi connectivity index (χ3v) is 4.19. The maximum absolute atomic E-state index is 11.6. The molecule has 0 aliphatic carbocycles. The summed E-state index contributed by atoms with van der Waals surface area (Å²) in [7, 11) is 0. The lowest BCUT2D eigenvalue weighted by molar-refractivity contribution is -0.148. The van der Waals surface area contributed by atoms with Gasteiger partial charge >= 0.3 is 5.97 Å². The van der Waals surface area contributed by atoms with Crippen LogP contribution in [0, 0.1) is 5.41 Å². The summed E-state index contributed by atoms with van der Waals surface area (Å²) in [6, 6.07) is 2.39. The molecule has 1 fully saturated rings. The maximum Gasteiger partial charge on any atom is 0.310 e. The van der Waals surface area contributed by atoms with E-state index in [-0.39, 0.29) is 0 Å². The van der Waals surface area contributed by atoms with Crippen molar-refractivity contribution in [3.8, 4) is 0 Å². The fourth-order valence-corrected chi connectivity index (χ4v) is 3.04. The van der Waals surface area contributed by atoms with E-state index in [0.717, 1.165) is 38.0 Å². The molecule has 1 aliphatic heterocycles. The minimum absolute atomic E-state index is 0.362. The van der Waals surface area contributed by atoms with Crippen molar-refractivity contribution in [1.29, 1.82) is 0 Å². The van der Waals surface area contributed by atoms with Gasteiger partial charge in [0.2, 0.25) is 0 Å². The van der Waals surface area contributed by atoms with Crippen LogP contribution in [0.2, 0.25) is 0 Å². The van der Waals surface area contributed by atoms with Gasteiger partial charge in [-0.15, -0.1) is 0 Å². The minimum Gasteiger partial charge on any atom is -0.481 e. The molecule has 0 bridgehead atoms. The van der Waals surface area contributed by atoms with E-state index in [1.165, 1.54) is 0 Å². The third kappa shape index (κ3) is 3.03. The number of nitrogens with zero attached hydrogens (tertiary/aromatic N) is 3. The van der Waals surface area contributed by atoms with Crippen molar-refractivity contribution in [3.05, 3.63) is 18.0 Å². The second-order valence-electron chi connectivity index (χ2n) is 6.18. The molecule has 1 N–H and O–H groups in total. The van der Waals surface area contributed by atoms with Gasteiger partial charge in [0.25, 0.3) is 0 Å². The minimum atomic E-state index is -0.644. The van der Waals surface area contributed by atoms with Crippen LogP contribution in [0.3, 0.4) is 0 Å². The predicted octanol–water partition coefficient (Wildman–Crippen LogP) is 2.54. The van der Waals surface area contributed by atoms with Crippen LogP contribution in [0.5, 0.6) is 0 Å². The quantitative estimate of drug-likeness (QED) is 0.869. The standard InChI is InChI=1S/C15H25N3O2/c1-4-6-15(14(19)20)7-9-17(11-15)10-13-5-8-18(16-13)12(2)3/h5,8,12H,4,6-7,9-11H2,1-3H3,(H,19,20). The first-order valence-electron chi connectivity index (χ1n) is 7.46. The molecule has 0 amide bonds. The Labute approximate surface area is 120 Å². The molecule has 2 rings (SSSR count). The highest BCUT2D eigenvalue weighted by atomic mass is 16.4. The van der Waals surface area contributed by atoms with E-state index >= 15 is 0 Å². The Morgan fingerprint density at radius 1 is 1.55 bits per heavy atom. The van der Waals surface area contributed by atoms with Crippen LogP contribution in [0.1, 0.15) is 51.8 Å². The van der Waals surface area contributed by atoms with Crippen molar-refractivity contribution < 1.29 is 9.90 Å². The number of aromatic nitrogens is 2. The number of aliphatic carboxylic acids is 1. The number of hydrogen-bond donors (Lipinski definition) is 1. The van der Waals surface area contributed by atoms with E-state index in [9.17, 15) is 9.90 Å². The number of likely N-dealkylation sites (tertiary alicyclic amines) is 1. The zero-order valence-corrected chi connectivity index (χ0v) is 12.7. The molecule has 1 aliphatic rings. The van der Waals surface area contributed by atoms with Crippen LogP contribution < -0.4 is 0 Å². The molecule has 20 heavy (non-hydrogen) atoms.